The molecule has 5 rings (SSSR count). The average molecular weight is 452 g/mol. The van der Waals surface area contributed by atoms with Crippen molar-refractivity contribution in [3.05, 3.63) is 51.7 Å². The van der Waals surface area contributed by atoms with Gasteiger partial charge in [0.05, 0.1) is 25.1 Å². The van der Waals surface area contributed by atoms with Crippen LogP contribution in [0.2, 0.25) is 0 Å². The van der Waals surface area contributed by atoms with E-state index in [2.05, 4.69) is 22.2 Å². The van der Waals surface area contributed by atoms with Gasteiger partial charge in [-0.2, -0.15) is 0 Å². The van der Waals surface area contributed by atoms with Crippen LogP contribution in [0.4, 0.5) is 5.82 Å². The molecule has 0 bridgehead atoms. The summed E-state index contributed by atoms with van der Waals surface area (Å²) in [7, 11) is 3.75. The van der Waals surface area contributed by atoms with E-state index in [0.717, 1.165) is 74.3 Å². The fourth-order valence-electron chi connectivity index (χ4n) is 4.58. The van der Waals surface area contributed by atoms with Crippen molar-refractivity contribution in [2.75, 3.05) is 45.3 Å². The van der Waals surface area contributed by atoms with Crippen LogP contribution >= 0.6 is 11.3 Å². The van der Waals surface area contributed by atoms with E-state index in [4.69, 9.17) is 14.7 Å². The van der Waals surface area contributed by atoms with E-state index >= 15 is 0 Å². The molecule has 1 aliphatic heterocycles. The lowest BCUT2D eigenvalue weighted by Crippen LogP contribution is -2.36. The summed E-state index contributed by atoms with van der Waals surface area (Å²) in [6.07, 6.45) is 3.49. The van der Waals surface area contributed by atoms with Gasteiger partial charge in [-0.05, 0) is 42.5 Å². The number of aryl methyl sites for hydroxylation is 2. The van der Waals surface area contributed by atoms with Crippen LogP contribution in [0, 0.1) is 0 Å². The minimum absolute atomic E-state index is 0.0657. The first-order chi connectivity index (χ1) is 15.6. The maximum atomic E-state index is 11.8. The van der Waals surface area contributed by atoms with Gasteiger partial charge in [0.1, 0.15) is 16.5 Å². The van der Waals surface area contributed by atoms with Crippen molar-refractivity contribution in [3.63, 3.8) is 0 Å². The number of anilines is 1. The third-order valence-electron chi connectivity index (χ3n) is 6.29. The Hall–Kier alpha value is -2.55. The van der Waals surface area contributed by atoms with Gasteiger partial charge in [0, 0.05) is 44.2 Å². The number of aromatic nitrogens is 2. The lowest BCUT2D eigenvalue weighted by molar-refractivity contribution is 0.0331. The van der Waals surface area contributed by atoms with E-state index in [0.29, 0.717) is 5.56 Å². The van der Waals surface area contributed by atoms with E-state index < -0.39 is 0 Å². The number of hydrogen-bond donors (Lipinski definition) is 1. The molecule has 0 atom stereocenters. The number of rotatable bonds is 6. The fraction of sp³-hybridized carbons (Fsp3) is 0.458. The molecule has 3 heterocycles. The molecule has 1 aliphatic carbocycles. The van der Waals surface area contributed by atoms with Gasteiger partial charge in [0.25, 0.3) is 5.91 Å². The predicted molar refractivity (Wildman–Crippen MR) is 127 cm³/mol. The highest BCUT2D eigenvalue weighted by Crippen LogP contribution is 2.40. The molecule has 1 amide bonds. The molecule has 0 radical (unpaired) electrons. The number of amides is 1. The standard InChI is InChI=1S/C24H29N5O2S/c1-25-23(30)17-8-6-16(7-9-17)14-28(2)22-21-18-4-3-5-19(18)32-24(21)27-20(26-22)15-29-10-12-31-13-11-29/h6-9H,3-5,10-15H2,1-2H3,(H,25,30). The molecular formula is C24H29N5O2S. The van der Waals surface area contributed by atoms with Crippen LogP contribution in [0.3, 0.4) is 0 Å². The van der Waals surface area contributed by atoms with Crippen molar-refractivity contribution in [3.8, 4) is 0 Å². The highest BCUT2D eigenvalue weighted by Gasteiger charge is 2.24. The summed E-state index contributed by atoms with van der Waals surface area (Å²) in [5, 5.41) is 3.91. The quantitative estimate of drug-likeness (QED) is 0.621. The third kappa shape index (κ3) is 4.22. The number of hydrogen-bond acceptors (Lipinski definition) is 7. The highest BCUT2D eigenvalue weighted by molar-refractivity contribution is 7.19. The molecule has 7 nitrogen and oxygen atoms in total. The number of ether oxygens (including phenoxy) is 1. The maximum Gasteiger partial charge on any atom is 0.251 e. The van der Waals surface area contributed by atoms with Crippen LogP contribution in [-0.4, -0.2) is 61.2 Å². The number of fused-ring (bicyclic) bond motifs is 3. The molecule has 1 N–H and O–H groups in total. The monoisotopic (exact) mass is 451 g/mol. The summed E-state index contributed by atoms with van der Waals surface area (Å²) in [4.78, 5) is 29.1. The third-order valence-corrected chi connectivity index (χ3v) is 7.47. The van der Waals surface area contributed by atoms with E-state index in [9.17, 15) is 4.79 Å². The normalized spacial score (nSPS) is 16.3. The fourth-order valence-corrected chi connectivity index (χ4v) is 5.86. The Balaban J connectivity index is 1.45. The van der Waals surface area contributed by atoms with Gasteiger partial charge in [-0.15, -0.1) is 11.3 Å². The molecule has 168 valence electrons. The number of carbonyl (C=O) groups is 1. The number of nitrogens with zero attached hydrogens (tertiary/aromatic N) is 4. The zero-order valence-electron chi connectivity index (χ0n) is 18.7. The predicted octanol–water partition coefficient (Wildman–Crippen LogP) is 3.01. The van der Waals surface area contributed by atoms with E-state index in [1.54, 1.807) is 7.05 Å². The molecule has 1 saturated heterocycles. The Kier molecular flexibility index (Phi) is 6.08. The molecule has 2 aliphatic rings. The highest BCUT2D eigenvalue weighted by atomic mass is 32.1. The number of morpholine rings is 1. The Labute approximate surface area is 192 Å². The van der Waals surface area contributed by atoms with Gasteiger partial charge < -0.3 is 15.0 Å². The zero-order valence-corrected chi connectivity index (χ0v) is 19.5. The molecule has 0 unspecified atom stereocenters. The second-order valence-electron chi connectivity index (χ2n) is 8.52. The van der Waals surface area contributed by atoms with Crippen LogP contribution in [0.25, 0.3) is 10.2 Å². The van der Waals surface area contributed by atoms with E-state index in [1.165, 1.54) is 22.2 Å². The zero-order chi connectivity index (χ0) is 22.1. The van der Waals surface area contributed by atoms with Crippen molar-refractivity contribution in [2.24, 2.45) is 0 Å². The summed E-state index contributed by atoms with van der Waals surface area (Å²) in [5.74, 6) is 1.84. The van der Waals surface area contributed by atoms with Gasteiger partial charge in [-0.1, -0.05) is 12.1 Å². The van der Waals surface area contributed by atoms with Crippen molar-refractivity contribution < 1.29 is 9.53 Å². The number of thiophene rings is 1. The summed E-state index contributed by atoms with van der Waals surface area (Å²) in [6, 6.07) is 7.80. The second-order valence-corrected chi connectivity index (χ2v) is 9.61. The number of benzene rings is 1. The molecule has 1 aromatic carbocycles. The van der Waals surface area contributed by atoms with Crippen molar-refractivity contribution in [1.29, 1.82) is 0 Å². The molecule has 3 aromatic rings. The largest absolute Gasteiger partial charge is 0.379 e. The van der Waals surface area contributed by atoms with E-state index in [-0.39, 0.29) is 5.91 Å². The number of nitrogens with one attached hydrogen (secondary N) is 1. The Morgan fingerprint density at radius 3 is 2.72 bits per heavy atom. The summed E-state index contributed by atoms with van der Waals surface area (Å²) >= 11 is 1.84. The first kappa shape index (κ1) is 21.3. The molecule has 8 heteroatoms. The number of carbonyl (C=O) groups excluding carboxylic acids is 1. The van der Waals surface area contributed by atoms with Crippen LogP contribution < -0.4 is 10.2 Å². The topological polar surface area (TPSA) is 70.6 Å². The first-order valence-electron chi connectivity index (χ1n) is 11.3. The smallest absolute Gasteiger partial charge is 0.251 e. The Morgan fingerprint density at radius 1 is 1.19 bits per heavy atom. The Morgan fingerprint density at radius 2 is 1.97 bits per heavy atom. The van der Waals surface area contributed by atoms with Crippen molar-refractivity contribution in [2.45, 2.75) is 32.4 Å². The van der Waals surface area contributed by atoms with Crippen molar-refractivity contribution >= 4 is 33.3 Å². The minimum Gasteiger partial charge on any atom is -0.379 e. The molecule has 32 heavy (non-hydrogen) atoms. The Bertz CT molecular complexity index is 1120. The first-order valence-corrected chi connectivity index (χ1v) is 12.1. The van der Waals surface area contributed by atoms with Gasteiger partial charge in [0.2, 0.25) is 0 Å². The lowest BCUT2D eigenvalue weighted by atomic mass is 10.1. The maximum absolute atomic E-state index is 11.8. The van der Waals surface area contributed by atoms with Gasteiger partial charge in [0.15, 0.2) is 0 Å². The van der Waals surface area contributed by atoms with E-state index in [1.807, 2.05) is 35.6 Å². The van der Waals surface area contributed by atoms with Crippen LogP contribution in [0.5, 0.6) is 0 Å². The molecule has 2 aromatic heterocycles. The van der Waals surface area contributed by atoms with Gasteiger partial charge in [-0.25, -0.2) is 9.97 Å². The van der Waals surface area contributed by atoms with Crippen LogP contribution in [-0.2, 0) is 30.7 Å². The summed E-state index contributed by atoms with van der Waals surface area (Å²) in [6.45, 7) is 4.87. The summed E-state index contributed by atoms with van der Waals surface area (Å²) < 4.78 is 5.49. The van der Waals surface area contributed by atoms with Gasteiger partial charge in [-0.3, -0.25) is 9.69 Å². The molecule has 0 spiro atoms. The summed E-state index contributed by atoms with van der Waals surface area (Å²) in [5.41, 5.74) is 3.26. The lowest BCUT2D eigenvalue weighted by Gasteiger charge is -2.26. The second kappa shape index (κ2) is 9.13. The molecule has 1 fully saturated rings. The minimum atomic E-state index is -0.0657. The van der Waals surface area contributed by atoms with Crippen LogP contribution in [0.15, 0.2) is 24.3 Å². The molecular weight excluding hydrogens is 422 g/mol. The van der Waals surface area contributed by atoms with Crippen LogP contribution in [0.1, 0.15) is 38.6 Å². The average Bonchev–Trinajstić information content (AvgIpc) is 3.40. The van der Waals surface area contributed by atoms with Gasteiger partial charge >= 0.3 is 0 Å². The van der Waals surface area contributed by atoms with Crippen molar-refractivity contribution in [1.82, 2.24) is 20.2 Å². The SMILES string of the molecule is CNC(=O)c1ccc(CN(C)c2nc(CN3CCOCC3)nc3sc4c(c23)CCC4)cc1. The molecule has 0 saturated carbocycles.